The third-order valence-electron chi connectivity index (χ3n) is 3.23. The van der Waals surface area contributed by atoms with Crippen molar-refractivity contribution in [2.24, 2.45) is 5.92 Å². The summed E-state index contributed by atoms with van der Waals surface area (Å²) in [7, 11) is 0. The Hall–Kier alpha value is -0.700. The minimum Gasteiger partial charge on any atom is -0.490 e. The molecule has 17 heavy (non-hydrogen) atoms. The van der Waals surface area contributed by atoms with E-state index < -0.39 is 0 Å². The highest BCUT2D eigenvalue weighted by Gasteiger charge is 2.18. The Balaban J connectivity index is 2.23. The molecule has 1 aromatic carbocycles. The van der Waals surface area contributed by atoms with Crippen LogP contribution in [0, 0.1) is 5.92 Å². The molecule has 1 aliphatic heterocycles. The molecule has 2 unspecified atom stereocenters. The van der Waals surface area contributed by atoms with Gasteiger partial charge in [0.2, 0.25) is 0 Å². The summed E-state index contributed by atoms with van der Waals surface area (Å²) in [6.45, 7) is 5.95. The smallest absolute Gasteiger partial charge is 0.161 e. The van der Waals surface area contributed by atoms with E-state index >= 15 is 0 Å². The lowest BCUT2D eigenvalue weighted by molar-refractivity contribution is 0.297. The molecule has 2 nitrogen and oxygen atoms in total. The fraction of sp³-hybridized carbons (Fsp3) is 0.571. The Labute approximate surface area is 111 Å². The molecule has 1 heterocycles. The van der Waals surface area contributed by atoms with Gasteiger partial charge in [0.05, 0.1) is 13.2 Å². The molecule has 0 amide bonds. The van der Waals surface area contributed by atoms with Crippen LogP contribution in [0.4, 0.5) is 0 Å². The van der Waals surface area contributed by atoms with Crippen LogP contribution in [-0.2, 0) is 0 Å². The van der Waals surface area contributed by atoms with Crippen LogP contribution in [0.25, 0.3) is 0 Å². The molecule has 1 aliphatic rings. The van der Waals surface area contributed by atoms with Crippen LogP contribution >= 0.6 is 15.9 Å². The van der Waals surface area contributed by atoms with E-state index in [1.165, 1.54) is 5.56 Å². The van der Waals surface area contributed by atoms with Crippen molar-refractivity contribution in [1.82, 2.24) is 0 Å². The summed E-state index contributed by atoms with van der Waals surface area (Å²) in [5, 5.41) is 0. The van der Waals surface area contributed by atoms with Gasteiger partial charge < -0.3 is 9.47 Å². The van der Waals surface area contributed by atoms with Crippen molar-refractivity contribution in [3.63, 3.8) is 0 Å². The van der Waals surface area contributed by atoms with Gasteiger partial charge >= 0.3 is 0 Å². The largest absolute Gasteiger partial charge is 0.490 e. The predicted octanol–water partition coefficient (Wildman–Crippen LogP) is 4.33. The maximum absolute atomic E-state index is 5.71. The number of ether oxygens (including phenoxy) is 2. The first kappa shape index (κ1) is 12.7. The second-order valence-electron chi connectivity index (χ2n) is 4.54. The highest BCUT2D eigenvalue weighted by Crippen LogP contribution is 2.38. The molecule has 0 spiro atoms. The molecule has 2 rings (SSSR count). The van der Waals surface area contributed by atoms with E-state index in [4.69, 9.17) is 9.47 Å². The average Bonchev–Trinajstić information content (AvgIpc) is 2.61. The molecular weight excluding hydrogens is 280 g/mol. The van der Waals surface area contributed by atoms with Gasteiger partial charge in [-0.05, 0) is 23.6 Å². The quantitative estimate of drug-likeness (QED) is 0.773. The zero-order valence-electron chi connectivity index (χ0n) is 10.4. The average molecular weight is 299 g/mol. The van der Waals surface area contributed by atoms with E-state index in [1.54, 1.807) is 0 Å². The van der Waals surface area contributed by atoms with E-state index in [0.29, 0.717) is 10.7 Å². The Bertz CT molecular complexity index is 378. The van der Waals surface area contributed by atoms with Crippen LogP contribution in [0.3, 0.4) is 0 Å². The summed E-state index contributed by atoms with van der Waals surface area (Å²) in [4.78, 5) is 0.379. The van der Waals surface area contributed by atoms with Crippen LogP contribution in [0.1, 0.15) is 37.1 Å². The first-order valence-corrected chi connectivity index (χ1v) is 7.17. The van der Waals surface area contributed by atoms with Gasteiger partial charge in [0, 0.05) is 11.2 Å². The number of halogens is 1. The van der Waals surface area contributed by atoms with Crippen LogP contribution in [0.2, 0.25) is 0 Å². The van der Waals surface area contributed by atoms with E-state index in [2.05, 4.69) is 41.9 Å². The van der Waals surface area contributed by atoms with Crippen molar-refractivity contribution in [3.8, 4) is 11.5 Å². The third kappa shape index (κ3) is 2.95. The number of hydrogen-bond acceptors (Lipinski definition) is 2. The Kier molecular flexibility index (Phi) is 4.32. The summed E-state index contributed by atoms with van der Waals surface area (Å²) in [5.41, 5.74) is 1.27. The van der Waals surface area contributed by atoms with Crippen molar-refractivity contribution < 1.29 is 9.47 Å². The maximum atomic E-state index is 5.71. The molecule has 3 heteroatoms. The van der Waals surface area contributed by atoms with Crippen molar-refractivity contribution in [2.45, 2.75) is 31.5 Å². The molecule has 0 radical (unpaired) electrons. The molecule has 0 saturated heterocycles. The first-order valence-electron chi connectivity index (χ1n) is 6.26. The molecule has 2 atom stereocenters. The van der Waals surface area contributed by atoms with Crippen LogP contribution in [-0.4, -0.2) is 13.2 Å². The van der Waals surface area contributed by atoms with E-state index in [9.17, 15) is 0 Å². The SMILES string of the molecule is CCC(C)C(Br)c1ccc2c(c1)OCCCO2. The van der Waals surface area contributed by atoms with E-state index in [1.807, 2.05) is 6.07 Å². The number of hydrogen-bond donors (Lipinski definition) is 0. The number of alkyl halides is 1. The molecule has 0 saturated carbocycles. The van der Waals surface area contributed by atoms with Crippen LogP contribution in [0.15, 0.2) is 18.2 Å². The highest BCUT2D eigenvalue weighted by molar-refractivity contribution is 9.09. The molecule has 94 valence electrons. The van der Waals surface area contributed by atoms with Gasteiger partial charge in [0.15, 0.2) is 11.5 Å². The Morgan fingerprint density at radius 1 is 1.24 bits per heavy atom. The van der Waals surface area contributed by atoms with Gasteiger partial charge in [-0.25, -0.2) is 0 Å². The molecule has 0 bridgehead atoms. The van der Waals surface area contributed by atoms with Gasteiger partial charge in [-0.15, -0.1) is 0 Å². The van der Waals surface area contributed by atoms with E-state index in [-0.39, 0.29) is 0 Å². The van der Waals surface area contributed by atoms with Crippen molar-refractivity contribution in [2.75, 3.05) is 13.2 Å². The predicted molar refractivity (Wildman–Crippen MR) is 73.2 cm³/mol. The second-order valence-corrected chi connectivity index (χ2v) is 5.53. The highest BCUT2D eigenvalue weighted by atomic mass is 79.9. The minimum absolute atomic E-state index is 0.379. The normalized spacial score (nSPS) is 18.3. The van der Waals surface area contributed by atoms with Gasteiger partial charge in [0.1, 0.15) is 0 Å². The molecule has 0 fully saturated rings. The maximum Gasteiger partial charge on any atom is 0.161 e. The zero-order chi connectivity index (χ0) is 12.3. The lowest BCUT2D eigenvalue weighted by Gasteiger charge is -2.18. The van der Waals surface area contributed by atoms with Crippen molar-refractivity contribution in [3.05, 3.63) is 23.8 Å². The lowest BCUT2D eigenvalue weighted by Crippen LogP contribution is -2.02. The molecule has 1 aromatic rings. The standard InChI is InChI=1S/C14H19BrO2/c1-3-10(2)14(15)11-5-6-12-13(9-11)17-8-4-7-16-12/h5-6,9-10,14H,3-4,7-8H2,1-2H3. The molecular formula is C14H19BrO2. The van der Waals surface area contributed by atoms with E-state index in [0.717, 1.165) is 37.6 Å². The zero-order valence-corrected chi connectivity index (χ0v) is 12.0. The number of fused-ring (bicyclic) bond motifs is 1. The third-order valence-corrected chi connectivity index (χ3v) is 4.66. The van der Waals surface area contributed by atoms with Gasteiger partial charge in [-0.3, -0.25) is 0 Å². The Morgan fingerprint density at radius 2 is 1.94 bits per heavy atom. The van der Waals surface area contributed by atoms with Crippen molar-refractivity contribution >= 4 is 15.9 Å². The van der Waals surface area contributed by atoms with Gasteiger partial charge in [0.25, 0.3) is 0 Å². The van der Waals surface area contributed by atoms with Gasteiger partial charge in [-0.1, -0.05) is 42.3 Å². The van der Waals surface area contributed by atoms with Crippen molar-refractivity contribution in [1.29, 1.82) is 0 Å². The summed E-state index contributed by atoms with van der Waals surface area (Å²) in [6, 6.07) is 6.25. The lowest BCUT2D eigenvalue weighted by atomic mass is 9.98. The van der Waals surface area contributed by atoms with Gasteiger partial charge in [-0.2, -0.15) is 0 Å². The monoisotopic (exact) mass is 298 g/mol. The fourth-order valence-electron chi connectivity index (χ4n) is 1.89. The Morgan fingerprint density at radius 3 is 2.65 bits per heavy atom. The summed E-state index contributed by atoms with van der Waals surface area (Å²) < 4.78 is 11.3. The number of benzene rings is 1. The number of rotatable bonds is 3. The second kappa shape index (κ2) is 5.76. The van der Waals surface area contributed by atoms with Crippen LogP contribution in [0.5, 0.6) is 11.5 Å². The topological polar surface area (TPSA) is 18.5 Å². The molecule has 0 aromatic heterocycles. The summed E-state index contributed by atoms with van der Waals surface area (Å²) in [6.07, 6.45) is 2.11. The summed E-state index contributed by atoms with van der Waals surface area (Å²) >= 11 is 3.76. The molecule has 0 aliphatic carbocycles. The summed E-state index contributed by atoms with van der Waals surface area (Å²) in [5.74, 6) is 2.36. The minimum atomic E-state index is 0.379. The fourth-order valence-corrected chi connectivity index (χ4v) is 2.55. The van der Waals surface area contributed by atoms with Crippen LogP contribution < -0.4 is 9.47 Å². The first-order chi connectivity index (χ1) is 8.22. The molecule has 0 N–H and O–H groups in total.